The van der Waals surface area contributed by atoms with Crippen LogP contribution in [-0.2, 0) is 4.79 Å². The van der Waals surface area contributed by atoms with Crippen LogP contribution in [0.5, 0.6) is 0 Å². The predicted molar refractivity (Wildman–Crippen MR) is 77.5 cm³/mol. The van der Waals surface area contributed by atoms with Gasteiger partial charge in [0.05, 0.1) is 6.19 Å². The molecule has 20 heavy (non-hydrogen) atoms. The highest BCUT2D eigenvalue weighted by Gasteiger charge is 2.25. The summed E-state index contributed by atoms with van der Waals surface area (Å²) in [6.07, 6.45) is 0.238. The lowest BCUT2D eigenvalue weighted by Gasteiger charge is -2.31. The van der Waals surface area contributed by atoms with Gasteiger partial charge in [-0.1, -0.05) is 13.8 Å². The van der Waals surface area contributed by atoms with Crippen LogP contribution in [0.1, 0.15) is 41.9 Å². The van der Waals surface area contributed by atoms with Gasteiger partial charge in [-0.15, -0.1) is 11.3 Å². The Labute approximate surface area is 122 Å². The van der Waals surface area contributed by atoms with E-state index in [0.717, 1.165) is 11.3 Å². The van der Waals surface area contributed by atoms with Crippen molar-refractivity contribution in [1.82, 2.24) is 9.79 Å². The molecule has 0 aliphatic rings. The molecule has 0 saturated heterocycles. The minimum Gasteiger partial charge on any atom is -0.476 e. The molecule has 1 heterocycles. The molecule has 1 aromatic rings. The number of carbonyl (C=O) groups is 2. The smallest absolute Gasteiger partial charge is 0.355 e. The zero-order chi connectivity index (χ0) is 15.3. The van der Waals surface area contributed by atoms with Crippen LogP contribution in [-0.4, -0.2) is 52.7 Å². The molecular weight excluding hydrogens is 279 g/mol. The Bertz CT molecular complexity index is 466. The Hall–Kier alpha value is -1.25. The molecule has 0 aromatic carbocycles. The highest BCUT2D eigenvalue weighted by molar-refractivity contribution is 7.09. The number of nitrogens with zero attached hydrogens (tertiary/aromatic N) is 2. The van der Waals surface area contributed by atoms with Gasteiger partial charge in [-0.3, -0.25) is 0 Å². The predicted octanol–water partition coefficient (Wildman–Crippen LogP) is 1.03. The average molecular weight is 297 g/mol. The SMILES string of the molecule is CC(C)[C@H](C[C@H](O)c1nc(C(=O)O)cs1)N(C)[B]C=O. The molecule has 0 aliphatic heterocycles. The van der Waals surface area contributed by atoms with E-state index in [-0.39, 0.29) is 17.7 Å². The third-order valence-corrected chi connectivity index (χ3v) is 4.03. The summed E-state index contributed by atoms with van der Waals surface area (Å²) < 4.78 is 0. The normalized spacial score (nSPS) is 14.3. The van der Waals surface area contributed by atoms with Gasteiger partial charge in [0.15, 0.2) is 5.69 Å². The van der Waals surface area contributed by atoms with E-state index in [0.29, 0.717) is 17.6 Å². The number of carbonyl (C=O) groups excluding carboxylic acids is 1. The second kappa shape index (κ2) is 7.51. The van der Waals surface area contributed by atoms with Gasteiger partial charge >= 0.3 is 5.97 Å². The molecular formula is C12H18BN2O4S. The van der Waals surface area contributed by atoms with Gasteiger partial charge in [0.2, 0.25) is 0 Å². The van der Waals surface area contributed by atoms with Crippen molar-refractivity contribution < 1.29 is 19.8 Å². The second-order valence-corrected chi connectivity index (χ2v) is 5.78. The topological polar surface area (TPSA) is 90.7 Å². The third-order valence-electron chi connectivity index (χ3n) is 3.08. The third kappa shape index (κ3) is 4.40. The summed E-state index contributed by atoms with van der Waals surface area (Å²) in [5.41, 5.74) is -0.0574. The van der Waals surface area contributed by atoms with Gasteiger partial charge in [0.1, 0.15) is 11.1 Å². The lowest BCUT2D eigenvalue weighted by Crippen LogP contribution is -2.40. The number of aliphatic hydroxyl groups excluding tert-OH is 1. The molecule has 0 bridgehead atoms. The summed E-state index contributed by atoms with van der Waals surface area (Å²) in [7, 11) is 3.19. The molecule has 1 radical (unpaired) electrons. The molecule has 0 saturated carbocycles. The van der Waals surface area contributed by atoms with Crippen LogP contribution in [0.4, 0.5) is 0 Å². The number of hydrogen-bond acceptors (Lipinski definition) is 6. The molecule has 8 heteroatoms. The molecule has 2 atom stereocenters. The maximum Gasteiger partial charge on any atom is 0.355 e. The zero-order valence-electron chi connectivity index (χ0n) is 11.7. The Morgan fingerprint density at radius 2 is 2.25 bits per heavy atom. The molecule has 0 spiro atoms. The Kier molecular flexibility index (Phi) is 6.32. The van der Waals surface area contributed by atoms with Crippen molar-refractivity contribution in [2.75, 3.05) is 7.05 Å². The molecule has 0 aliphatic carbocycles. The van der Waals surface area contributed by atoms with Crippen LogP contribution in [0, 0.1) is 5.92 Å². The summed E-state index contributed by atoms with van der Waals surface area (Å²) in [5.74, 6) is -0.878. The molecule has 6 nitrogen and oxygen atoms in total. The van der Waals surface area contributed by atoms with Gasteiger partial charge in [-0.05, 0) is 19.4 Å². The van der Waals surface area contributed by atoms with E-state index >= 15 is 0 Å². The fourth-order valence-electron chi connectivity index (χ4n) is 1.98. The highest BCUT2D eigenvalue weighted by atomic mass is 32.1. The van der Waals surface area contributed by atoms with Crippen molar-refractivity contribution in [2.24, 2.45) is 5.92 Å². The standard InChI is InChI=1S/C12H18BN2O4S/c1-7(2)9(15(3)13-6-16)4-10(17)11-14-8(5-20-11)12(18)19/h5-7,9-10,17H,4H2,1-3H3,(H,18,19)/t9-,10-/m0/s1. The molecule has 2 N–H and O–H groups in total. The lowest BCUT2D eigenvalue weighted by molar-refractivity contribution is 0.0690. The van der Waals surface area contributed by atoms with Gasteiger partial charge in [-0.2, -0.15) is 0 Å². The van der Waals surface area contributed by atoms with E-state index in [4.69, 9.17) is 5.11 Å². The summed E-state index contributed by atoms with van der Waals surface area (Å²) in [5, 5.41) is 20.8. The van der Waals surface area contributed by atoms with Crippen LogP contribution in [0.25, 0.3) is 0 Å². The fourth-order valence-corrected chi connectivity index (χ4v) is 2.77. The fraction of sp³-hybridized carbons (Fsp3) is 0.583. The van der Waals surface area contributed by atoms with E-state index in [9.17, 15) is 14.7 Å². The quantitative estimate of drug-likeness (QED) is 0.550. The van der Waals surface area contributed by atoms with Gasteiger partial charge < -0.3 is 19.8 Å². The molecule has 0 unspecified atom stereocenters. The van der Waals surface area contributed by atoms with Crippen LogP contribution in [0.3, 0.4) is 0 Å². The van der Waals surface area contributed by atoms with Crippen LogP contribution in [0.15, 0.2) is 5.38 Å². The average Bonchev–Trinajstić information content (AvgIpc) is 2.85. The minimum absolute atomic E-state index is 0.0348. The van der Waals surface area contributed by atoms with Gasteiger partial charge in [0.25, 0.3) is 7.41 Å². The molecule has 1 rings (SSSR count). The second-order valence-electron chi connectivity index (χ2n) is 4.89. The Morgan fingerprint density at radius 3 is 2.70 bits per heavy atom. The molecule has 0 amide bonds. The van der Waals surface area contributed by atoms with Crippen LogP contribution in [0.2, 0.25) is 0 Å². The number of carboxylic acid groups (broad SMARTS) is 1. The van der Waals surface area contributed by atoms with E-state index in [1.54, 1.807) is 11.9 Å². The van der Waals surface area contributed by atoms with Crippen molar-refractivity contribution in [2.45, 2.75) is 32.4 Å². The number of aromatic nitrogens is 1. The van der Waals surface area contributed by atoms with E-state index < -0.39 is 12.1 Å². The van der Waals surface area contributed by atoms with Crippen molar-refractivity contribution >= 4 is 30.9 Å². The number of aliphatic hydroxyl groups is 1. The van der Waals surface area contributed by atoms with E-state index in [1.807, 2.05) is 13.8 Å². The molecule has 1 aromatic heterocycles. The summed E-state index contributed by atoms with van der Waals surface area (Å²) in [4.78, 5) is 27.0. The van der Waals surface area contributed by atoms with E-state index in [1.165, 1.54) is 12.8 Å². The zero-order valence-corrected chi connectivity index (χ0v) is 12.5. The highest BCUT2D eigenvalue weighted by Crippen LogP contribution is 2.26. The van der Waals surface area contributed by atoms with Crippen LogP contribution >= 0.6 is 11.3 Å². The first-order valence-electron chi connectivity index (χ1n) is 6.24. The number of rotatable bonds is 8. The Morgan fingerprint density at radius 1 is 1.60 bits per heavy atom. The van der Waals surface area contributed by atoms with E-state index in [2.05, 4.69) is 4.98 Å². The summed E-state index contributed by atoms with van der Waals surface area (Å²) in [6.45, 7) is 3.99. The number of carboxylic acids is 1. The van der Waals surface area contributed by atoms with Crippen molar-refractivity contribution in [3.05, 3.63) is 16.1 Å². The first-order chi connectivity index (χ1) is 9.36. The monoisotopic (exact) mass is 297 g/mol. The summed E-state index contributed by atoms with van der Waals surface area (Å²) >= 11 is 1.12. The largest absolute Gasteiger partial charge is 0.476 e. The number of aromatic carboxylic acids is 1. The van der Waals surface area contributed by atoms with Crippen molar-refractivity contribution in [1.29, 1.82) is 0 Å². The number of thiazole rings is 1. The maximum absolute atomic E-state index is 10.8. The van der Waals surface area contributed by atoms with Gasteiger partial charge in [0, 0.05) is 11.4 Å². The van der Waals surface area contributed by atoms with Crippen molar-refractivity contribution in [3.8, 4) is 0 Å². The summed E-state index contributed by atoms with van der Waals surface area (Å²) in [6, 6.07) is -0.0348. The first kappa shape index (κ1) is 16.8. The van der Waals surface area contributed by atoms with Gasteiger partial charge in [-0.25, -0.2) is 9.78 Å². The molecule has 0 fully saturated rings. The molecule has 109 valence electrons. The van der Waals surface area contributed by atoms with Crippen molar-refractivity contribution in [3.63, 3.8) is 0 Å². The minimum atomic E-state index is -1.11. The number of hydrogen-bond donors (Lipinski definition) is 2. The van der Waals surface area contributed by atoms with Crippen LogP contribution < -0.4 is 0 Å². The lowest BCUT2D eigenvalue weighted by atomic mass is 9.86. The Balaban J connectivity index is 2.76. The first-order valence-corrected chi connectivity index (χ1v) is 7.12. The maximum atomic E-state index is 10.8.